The van der Waals surface area contributed by atoms with Crippen molar-refractivity contribution in [2.45, 2.75) is 6.92 Å². The Hall–Kier alpha value is -2.05. The largest absolute Gasteiger partial charge is 0.352 e. The van der Waals surface area contributed by atoms with Crippen molar-refractivity contribution in [3.8, 4) is 6.07 Å². The van der Waals surface area contributed by atoms with Gasteiger partial charge in [-0.15, -0.1) is 0 Å². The van der Waals surface area contributed by atoms with Gasteiger partial charge in [-0.1, -0.05) is 17.7 Å². The van der Waals surface area contributed by atoms with Gasteiger partial charge < -0.3 is 5.32 Å². The molecule has 0 saturated carbocycles. The Kier molecular flexibility index (Phi) is 3.50. The predicted octanol–water partition coefficient (Wildman–Crippen LogP) is 4.40. The second-order valence-corrected chi connectivity index (χ2v) is 4.32. The fourth-order valence-corrected chi connectivity index (χ4v) is 1.83. The van der Waals surface area contributed by atoms with Crippen LogP contribution in [0.4, 0.5) is 15.8 Å². The van der Waals surface area contributed by atoms with E-state index in [0.717, 1.165) is 5.56 Å². The van der Waals surface area contributed by atoms with Crippen molar-refractivity contribution in [3.63, 3.8) is 0 Å². The summed E-state index contributed by atoms with van der Waals surface area (Å²) in [5, 5.41) is 12.1. The van der Waals surface area contributed by atoms with Crippen LogP contribution in [0.1, 0.15) is 11.1 Å². The number of anilines is 2. The van der Waals surface area contributed by atoms with Crippen LogP contribution in [-0.4, -0.2) is 0 Å². The molecule has 0 spiro atoms. The average molecular weight is 261 g/mol. The zero-order valence-electron chi connectivity index (χ0n) is 9.67. The summed E-state index contributed by atoms with van der Waals surface area (Å²) >= 11 is 6.05. The first-order valence-corrected chi connectivity index (χ1v) is 5.71. The number of aryl methyl sites for hydroxylation is 1. The molecule has 18 heavy (non-hydrogen) atoms. The highest BCUT2D eigenvalue weighted by Crippen LogP contribution is 2.27. The predicted molar refractivity (Wildman–Crippen MR) is 70.6 cm³/mol. The molecule has 90 valence electrons. The molecule has 0 radical (unpaired) electrons. The van der Waals surface area contributed by atoms with Crippen LogP contribution in [0.25, 0.3) is 0 Å². The minimum atomic E-state index is -0.481. The smallest absolute Gasteiger partial charge is 0.147 e. The van der Waals surface area contributed by atoms with Crippen molar-refractivity contribution in [3.05, 3.63) is 58.4 Å². The molecule has 4 heteroatoms. The van der Waals surface area contributed by atoms with Gasteiger partial charge in [0, 0.05) is 0 Å². The Labute approximate surface area is 110 Å². The Morgan fingerprint density at radius 1 is 1.17 bits per heavy atom. The normalized spacial score (nSPS) is 9.89. The van der Waals surface area contributed by atoms with Gasteiger partial charge in [-0.25, -0.2) is 4.39 Å². The van der Waals surface area contributed by atoms with Crippen LogP contribution in [0.3, 0.4) is 0 Å². The molecule has 0 amide bonds. The van der Waals surface area contributed by atoms with Crippen LogP contribution in [0.2, 0.25) is 5.02 Å². The van der Waals surface area contributed by atoms with Crippen LogP contribution in [0.5, 0.6) is 0 Å². The molecule has 1 N–H and O–H groups in total. The van der Waals surface area contributed by atoms with Crippen LogP contribution in [0, 0.1) is 24.1 Å². The van der Waals surface area contributed by atoms with Crippen molar-refractivity contribution in [1.29, 1.82) is 5.26 Å². The average Bonchev–Trinajstić information content (AvgIpc) is 2.34. The fraction of sp³-hybridized carbons (Fsp3) is 0.0714. The molecule has 0 bridgehead atoms. The zero-order chi connectivity index (χ0) is 13.1. The molecule has 0 saturated heterocycles. The Morgan fingerprint density at radius 3 is 2.50 bits per heavy atom. The Bertz CT molecular complexity index is 632. The number of nitrogens with one attached hydrogen (secondary N) is 1. The SMILES string of the molecule is Cc1ccc(Nc2ccc(C#N)cc2F)c(Cl)c1. The maximum absolute atomic E-state index is 13.7. The molecule has 0 atom stereocenters. The second-order valence-electron chi connectivity index (χ2n) is 3.91. The summed E-state index contributed by atoms with van der Waals surface area (Å²) in [6.07, 6.45) is 0. The van der Waals surface area contributed by atoms with E-state index in [9.17, 15) is 4.39 Å². The lowest BCUT2D eigenvalue weighted by Crippen LogP contribution is -1.95. The number of benzene rings is 2. The summed E-state index contributed by atoms with van der Waals surface area (Å²) in [5.74, 6) is -0.481. The Morgan fingerprint density at radius 2 is 1.89 bits per heavy atom. The van der Waals surface area contributed by atoms with E-state index in [1.54, 1.807) is 18.2 Å². The molecule has 0 fully saturated rings. The van der Waals surface area contributed by atoms with Crippen molar-refractivity contribution >= 4 is 23.0 Å². The van der Waals surface area contributed by atoms with Crippen molar-refractivity contribution in [2.24, 2.45) is 0 Å². The minimum Gasteiger partial charge on any atom is -0.352 e. The Balaban J connectivity index is 2.32. The molecule has 0 aromatic heterocycles. The van der Waals surface area contributed by atoms with Gasteiger partial charge in [0.05, 0.1) is 28.0 Å². The van der Waals surface area contributed by atoms with Crippen LogP contribution in [0.15, 0.2) is 36.4 Å². The van der Waals surface area contributed by atoms with E-state index in [1.165, 1.54) is 12.1 Å². The molecular weight excluding hydrogens is 251 g/mol. The van der Waals surface area contributed by atoms with E-state index in [-0.39, 0.29) is 5.56 Å². The number of nitrogens with zero attached hydrogens (tertiary/aromatic N) is 1. The summed E-state index contributed by atoms with van der Waals surface area (Å²) in [6.45, 7) is 1.93. The summed E-state index contributed by atoms with van der Waals surface area (Å²) in [6, 6.07) is 11.6. The highest BCUT2D eigenvalue weighted by atomic mass is 35.5. The van der Waals surface area contributed by atoms with Crippen LogP contribution in [-0.2, 0) is 0 Å². The van der Waals surface area contributed by atoms with Crippen molar-refractivity contribution < 1.29 is 4.39 Å². The van der Waals surface area contributed by atoms with Gasteiger partial charge in [0.15, 0.2) is 0 Å². The number of hydrogen-bond acceptors (Lipinski definition) is 2. The van der Waals surface area contributed by atoms with E-state index in [1.807, 2.05) is 19.1 Å². The topological polar surface area (TPSA) is 35.8 Å². The van der Waals surface area contributed by atoms with Gasteiger partial charge in [0.25, 0.3) is 0 Å². The summed E-state index contributed by atoms with van der Waals surface area (Å²) < 4.78 is 13.7. The monoisotopic (exact) mass is 260 g/mol. The molecular formula is C14H10ClFN2. The lowest BCUT2D eigenvalue weighted by atomic mass is 10.2. The minimum absolute atomic E-state index is 0.285. The third-order valence-corrected chi connectivity index (χ3v) is 2.80. The van der Waals surface area contributed by atoms with E-state index in [4.69, 9.17) is 16.9 Å². The third kappa shape index (κ3) is 2.61. The fourth-order valence-electron chi connectivity index (χ4n) is 1.55. The number of hydrogen-bond donors (Lipinski definition) is 1. The van der Waals surface area contributed by atoms with E-state index in [0.29, 0.717) is 16.4 Å². The van der Waals surface area contributed by atoms with E-state index in [2.05, 4.69) is 5.32 Å². The van der Waals surface area contributed by atoms with Gasteiger partial charge in [0.1, 0.15) is 5.82 Å². The molecule has 0 aliphatic carbocycles. The lowest BCUT2D eigenvalue weighted by Gasteiger charge is -2.10. The summed E-state index contributed by atoms with van der Waals surface area (Å²) in [7, 11) is 0. The molecule has 0 aliphatic heterocycles. The van der Waals surface area contributed by atoms with Gasteiger partial charge >= 0.3 is 0 Å². The van der Waals surface area contributed by atoms with Crippen LogP contribution >= 0.6 is 11.6 Å². The third-order valence-electron chi connectivity index (χ3n) is 2.49. The van der Waals surface area contributed by atoms with Crippen LogP contribution < -0.4 is 5.32 Å². The van der Waals surface area contributed by atoms with E-state index < -0.39 is 5.82 Å². The highest BCUT2D eigenvalue weighted by Gasteiger charge is 2.06. The van der Waals surface area contributed by atoms with Gasteiger partial charge in [0.2, 0.25) is 0 Å². The second kappa shape index (κ2) is 5.07. The number of halogens is 2. The van der Waals surface area contributed by atoms with Gasteiger partial charge in [-0.3, -0.25) is 0 Å². The molecule has 2 nitrogen and oxygen atoms in total. The summed E-state index contributed by atoms with van der Waals surface area (Å²) in [5.41, 5.74) is 2.24. The number of rotatable bonds is 2. The number of nitriles is 1. The molecule has 0 unspecified atom stereocenters. The lowest BCUT2D eigenvalue weighted by molar-refractivity contribution is 0.631. The maximum Gasteiger partial charge on any atom is 0.147 e. The summed E-state index contributed by atoms with van der Waals surface area (Å²) in [4.78, 5) is 0. The first-order valence-electron chi connectivity index (χ1n) is 5.33. The highest BCUT2D eigenvalue weighted by molar-refractivity contribution is 6.33. The van der Waals surface area contributed by atoms with Gasteiger partial charge in [-0.2, -0.15) is 5.26 Å². The van der Waals surface area contributed by atoms with Crippen molar-refractivity contribution in [1.82, 2.24) is 0 Å². The molecule has 2 aromatic rings. The van der Waals surface area contributed by atoms with Gasteiger partial charge in [-0.05, 0) is 42.8 Å². The molecule has 0 aliphatic rings. The van der Waals surface area contributed by atoms with Crippen molar-refractivity contribution in [2.75, 3.05) is 5.32 Å². The zero-order valence-corrected chi connectivity index (χ0v) is 10.4. The molecule has 2 aromatic carbocycles. The van der Waals surface area contributed by atoms with E-state index >= 15 is 0 Å². The molecule has 0 heterocycles. The first kappa shape index (κ1) is 12.4. The maximum atomic E-state index is 13.7. The first-order chi connectivity index (χ1) is 8.60. The standard InChI is InChI=1S/C14H10ClFN2/c1-9-2-4-13(11(15)6-9)18-14-5-3-10(8-17)7-12(14)16/h2-7,18H,1H3. The quantitative estimate of drug-likeness (QED) is 0.869. The molecule has 2 rings (SSSR count).